The van der Waals surface area contributed by atoms with E-state index in [9.17, 15) is 4.79 Å². The summed E-state index contributed by atoms with van der Waals surface area (Å²) in [6.07, 6.45) is 0.373. The molecule has 0 aliphatic carbocycles. The van der Waals surface area contributed by atoms with E-state index in [0.717, 1.165) is 11.3 Å². The third kappa shape index (κ3) is 1.72. The van der Waals surface area contributed by atoms with Crippen LogP contribution in [0.15, 0.2) is 36.4 Å². The van der Waals surface area contributed by atoms with E-state index >= 15 is 0 Å². The van der Waals surface area contributed by atoms with Crippen LogP contribution >= 0.6 is 0 Å². The zero-order chi connectivity index (χ0) is 12.5. The quantitative estimate of drug-likeness (QED) is 0.760. The molecule has 0 aromatic heterocycles. The van der Waals surface area contributed by atoms with Gasteiger partial charge >= 0.3 is 5.97 Å². The monoisotopic (exact) mass is 242 g/mol. The van der Waals surface area contributed by atoms with E-state index in [1.165, 1.54) is 17.9 Å². The summed E-state index contributed by atoms with van der Waals surface area (Å²) in [7, 11) is 1.42. The number of rotatable bonds is 2. The number of ether oxygens (including phenoxy) is 2. The predicted molar refractivity (Wildman–Crippen MR) is 68.8 cm³/mol. The largest absolute Gasteiger partial charge is 0.493 e. The van der Waals surface area contributed by atoms with Gasteiger partial charge < -0.3 is 9.47 Å². The number of carbonyl (C=O) groups is 1. The lowest BCUT2D eigenvalue weighted by atomic mass is 9.92. The number of fused-ring (bicyclic) bond motifs is 3. The molecule has 1 atom stereocenters. The first kappa shape index (κ1) is 11.1. The van der Waals surface area contributed by atoms with E-state index in [2.05, 4.69) is 18.2 Å². The van der Waals surface area contributed by atoms with Crippen LogP contribution < -0.4 is 4.74 Å². The molecule has 3 heteroatoms. The Labute approximate surface area is 105 Å². The van der Waals surface area contributed by atoms with Crippen molar-refractivity contribution in [3.05, 3.63) is 42.0 Å². The van der Waals surface area contributed by atoms with Gasteiger partial charge in [-0.3, -0.25) is 4.79 Å². The van der Waals surface area contributed by atoms with Crippen LogP contribution in [0.5, 0.6) is 5.75 Å². The summed E-state index contributed by atoms with van der Waals surface area (Å²) in [5, 5.41) is 2.35. The van der Waals surface area contributed by atoms with Crippen molar-refractivity contribution in [1.29, 1.82) is 0 Å². The Hall–Kier alpha value is -2.03. The number of hydrogen-bond acceptors (Lipinski definition) is 3. The van der Waals surface area contributed by atoms with Gasteiger partial charge in [-0.05, 0) is 16.8 Å². The van der Waals surface area contributed by atoms with Gasteiger partial charge in [-0.2, -0.15) is 0 Å². The molecular formula is C15H14O3. The van der Waals surface area contributed by atoms with E-state index in [-0.39, 0.29) is 11.9 Å². The molecule has 0 saturated heterocycles. The van der Waals surface area contributed by atoms with Gasteiger partial charge in [0, 0.05) is 11.5 Å². The average molecular weight is 242 g/mol. The van der Waals surface area contributed by atoms with Crippen molar-refractivity contribution in [3.8, 4) is 5.75 Å². The minimum atomic E-state index is -0.190. The van der Waals surface area contributed by atoms with Crippen LogP contribution in [0.25, 0.3) is 10.8 Å². The number of carbonyl (C=O) groups excluding carboxylic acids is 1. The summed E-state index contributed by atoms with van der Waals surface area (Å²) >= 11 is 0. The SMILES string of the molecule is COC(=O)C[C@H]1COc2ccc3ccccc3c21. The van der Waals surface area contributed by atoms with Gasteiger partial charge in [0.05, 0.1) is 20.1 Å². The molecule has 1 aliphatic rings. The fourth-order valence-corrected chi connectivity index (χ4v) is 2.54. The smallest absolute Gasteiger partial charge is 0.306 e. The molecule has 1 aliphatic heterocycles. The molecule has 92 valence electrons. The zero-order valence-corrected chi connectivity index (χ0v) is 10.2. The molecule has 2 aromatic carbocycles. The standard InChI is InChI=1S/C15H14O3/c1-17-14(16)8-11-9-18-13-7-6-10-4-2-3-5-12(10)15(11)13/h2-7,11H,8-9H2,1H3/t11-/m0/s1. The van der Waals surface area contributed by atoms with Crippen LogP contribution in [-0.2, 0) is 9.53 Å². The summed E-state index contributed by atoms with van der Waals surface area (Å²) in [5.74, 6) is 0.797. The molecule has 0 N–H and O–H groups in total. The first-order chi connectivity index (χ1) is 8.79. The van der Waals surface area contributed by atoms with E-state index < -0.39 is 0 Å². The second-order valence-electron chi connectivity index (χ2n) is 4.49. The van der Waals surface area contributed by atoms with Gasteiger partial charge in [0.15, 0.2) is 0 Å². The number of hydrogen-bond donors (Lipinski definition) is 0. The van der Waals surface area contributed by atoms with Crippen LogP contribution in [0.1, 0.15) is 17.9 Å². The maximum atomic E-state index is 11.4. The Bertz CT molecular complexity index is 604. The molecule has 3 rings (SSSR count). The lowest BCUT2D eigenvalue weighted by Gasteiger charge is -2.09. The number of esters is 1. The highest BCUT2D eigenvalue weighted by atomic mass is 16.5. The van der Waals surface area contributed by atoms with Gasteiger partial charge in [-0.15, -0.1) is 0 Å². The van der Waals surface area contributed by atoms with Gasteiger partial charge in [0.2, 0.25) is 0 Å². The second kappa shape index (κ2) is 4.33. The second-order valence-corrected chi connectivity index (χ2v) is 4.49. The van der Waals surface area contributed by atoms with Crippen molar-refractivity contribution in [2.75, 3.05) is 13.7 Å². The summed E-state index contributed by atoms with van der Waals surface area (Å²) in [6.45, 7) is 0.554. The summed E-state index contributed by atoms with van der Waals surface area (Å²) in [6, 6.07) is 12.2. The fraction of sp³-hybridized carbons (Fsp3) is 0.267. The van der Waals surface area contributed by atoms with E-state index in [4.69, 9.17) is 9.47 Å². The molecule has 0 bridgehead atoms. The van der Waals surface area contributed by atoms with Crippen molar-refractivity contribution in [2.24, 2.45) is 0 Å². The number of benzene rings is 2. The molecule has 18 heavy (non-hydrogen) atoms. The van der Waals surface area contributed by atoms with Gasteiger partial charge in [0.1, 0.15) is 5.75 Å². The van der Waals surface area contributed by atoms with Crippen LogP contribution in [0, 0.1) is 0 Å². The molecular weight excluding hydrogens is 228 g/mol. The summed E-state index contributed by atoms with van der Waals surface area (Å²) in [5.41, 5.74) is 1.14. The minimum Gasteiger partial charge on any atom is -0.493 e. The Kier molecular flexibility index (Phi) is 2.67. The Morgan fingerprint density at radius 3 is 3.00 bits per heavy atom. The highest BCUT2D eigenvalue weighted by molar-refractivity contribution is 5.89. The third-order valence-corrected chi connectivity index (χ3v) is 3.42. The first-order valence-electron chi connectivity index (χ1n) is 6.01. The molecule has 0 radical (unpaired) electrons. The lowest BCUT2D eigenvalue weighted by Crippen LogP contribution is -2.09. The van der Waals surface area contributed by atoms with Gasteiger partial charge in [0.25, 0.3) is 0 Å². The van der Waals surface area contributed by atoms with Crippen molar-refractivity contribution >= 4 is 16.7 Å². The normalized spacial score (nSPS) is 17.3. The van der Waals surface area contributed by atoms with E-state index in [1.54, 1.807) is 0 Å². The highest BCUT2D eigenvalue weighted by Crippen LogP contribution is 2.40. The van der Waals surface area contributed by atoms with E-state index in [0.29, 0.717) is 13.0 Å². The van der Waals surface area contributed by atoms with Crippen LogP contribution in [0.4, 0.5) is 0 Å². The van der Waals surface area contributed by atoms with Crippen molar-refractivity contribution in [1.82, 2.24) is 0 Å². The summed E-state index contributed by atoms with van der Waals surface area (Å²) in [4.78, 5) is 11.4. The Morgan fingerprint density at radius 2 is 2.17 bits per heavy atom. The zero-order valence-electron chi connectivity index (χ0n) is 10.2. The molecule has 0 amide bonds. The van der Waals surface area contributed by atoms with Gasteiger partial charge in [-0.1, -0.05) is 30.3 Å². The minimum absolute atomic E-state index is 0.0959. The van der Waals surface area contributed by atoms with Crippen molar-refractivity contribution < 1.29 is 14.3 Å². The highest BCUT2D eigenvalue weighted by Gasteiger charge is 2.28. The molecule has 3 nitrogen and oxygen atoms in total. The van der Waals surface area contributed by atoms with Crippen molar-refractivity contribution in [2.45, 2.75) is 12.3 Å². The maximum Gasteiger partial charge on any atom is 0.306 e. The predicted octanol–water partition coefficient (Wildman–Crippen LogP) is 2.88. The molecule has 0 fully saturated rings. The molecule has 0 spiro atoms. The maximum absolute atomic E-state index is 11.4. The Balaban J connectivity index is 2.08. The summed E-state index contributed by atoms with van der Waals surface area (Å²) < 4.78 is 10.4. The lowest BCUT2D eigenvalue weighted by molar-refractivity contribution is -0.141. The van der Waals surface area contributed by atoms with Crippen LogP contribution in [0.3, 0.4) is 0 Å². The van der Waals surface area contributed by atoms with Crippen molar-refractivity contribution in [3.63, 3.8) is 0 Å². The van der Waals surface area contributed by atoms with Crippen LogP contribution in [-0.4, -0.2) is 19.7 Å². The first-order valence-corrected chi connectivity index (χ1v) is 6.01. The molecule has 1 heterocycles. The molecule has 0 unspecified atom stereocenters. The topological polar surface area (TPSA) is 35.5 Å². The van der Waals surface area contributed by atoms with E-state index in [1.807, 2.05) is 18.2 Å². The van der Waals surface area contributed by atoms with Gasteiger partial charge in [-0.25, -0.2) is 0 Å². The molecule has 0 saturated carbocycles. The van der Waals surface area contributed by atoms with Crippen LogP contribution in [0.2, 0.25) is 0 Å². The number of methoxy groups -OCH3 is 1. The third-order valence-electron chi connectivity index (χ3n) is 3.42. The average Bonchev–Trinajstić information content (AvgIpc) is 2.82. The molecule has 2 aromatic rings. The fourth-order valence-electron chi connectivity index (χ4n) is 2.54. The Morgan fingerprint density at radius 1 is 1.33 bits per heavy atom.